The van der Waals surface area contributed by atoms with E-state index in [1.807, 2.05) is 24.9 Å². The highest BCUT2D eigenvalue weighted by Crippen LogP contribution is 2.31. The molecule has 0 aliphatic carbocycles. The van der Waals surface area contributed by atoms with Crippen molar-refractivity contribution in [2.24, 2.45) is 7.05 Å². The van der Waals surface area contributed by atoms with Gasteiger partial charge in [0.25, 0.3) is 0 Å². The van der Waals surface area contributed by atoms with Crippen molar-refractivity contribution in [1.82, 2.24) is 25.1 Å². The number of hydrogen-bond donors (Lipinski definition) is 2. The predicted molar refractivity (Wildman–Crippen MR) is 100 cm³/mol. The normalized spacial score (nSPS) is 15.6. The third kappa shape index (κ3) is 3.09. The lowest BCUT2D eigenvalue weighted by Crippen LogP contribution is -2.26. The van der Waals surface area contributed by atoms with E-state index in [0.29, 0.717) is 11.9 Å². The largest absolute Gasteiger partial charge is 0.321 e. The molecule has 0 unspecified atom stereocenters. The van der Waals surface area contributed by atoms with Crippen LogP contribution in [0.25, 0.3) is 10.9 Å². The number of nitrogens with one attached hydrogen (secondary N) is 2. The van der Waals surface area contributed by atoms with Crippen molar-refractivity contribution in [2.75, 3.05) is 18.4 Å². The van der Waals surface area contributed by atoms with Gasteiger partial charge in [-0.05, 0) is 69.0 Å². The molecule has 1 aliphatic heterocycles. The Balaban J connectivity index is 1.69. The van der Waals surface area contributed by atoms with Crippen molar-refractivity contribution < 1.29 is 0 Å². The number of rotatable bonds is 3. The zero-order valence-electron chi connectivity index (χ0n) is 15.0. The summed E-state index contributed by atoms with van der Waals surface area (Å²) in [6.07, 6.45) is 6.09. The van der Waals surface area contributed by atoms with E-state index in [1.165, 1.54) is 24.0 Å². The molecule has 0 bridgehead atoms. The topological polar surface area (TPSA) is 67.7 Å². The number of nitrogens with zero attached hydrogens (tertiary/aromatic N) is 4. The molecule has 1 aliphatic rings. The summed E-state index contributed by atoms with van der Waals surface area (Å²) >= 11 is 0. The summed E-state index contributed by atoms with van der Waals surface area (Å²) in [4.78, 5) is 9.21. The standard InChI is InChI=1S/C19H24N6/c1-12-8-15-10-21-19(24-18-11-22-25(3)13(18)2)23-17(15)9-16(12)14-4-6-20-7-5-14/h8-11,14,20H,4-7H2,1-3H3,(H,21,23,24). The minimum Gasteiger partial charge on any atom is -0.321 e. The quantitative estimate of drug-likeness (QED) is 0.769. The summed E-state index contributed by atoms with van der Waals surface area (Å²) in [6, 6.07) is 4.47. The van der Waals surface area contributed by atoms with Crippen LogP contribution in [0.2, 0.25) is 0 Å². The molecule has 4 rings (SSSR count). The molecule has 6 heteroatoms. The molecule has 0 radical (unpaired) electrons. The number of anilines is 2. The fourth-order valence-corrected chi connectivity index (χ4v) is 3.58. The van der Waals surface area contributed by atoms with Crippen molar-refractivity contribution in [3.8, 4) is 0 Å². The van der Waals surface area contributed by atoms with E-state index < -0.39 is 0 Å². The third-order valence-corrected chi connectivity index (χ3v) is 5.23. The van der Waals surface area contributed by atoms with E-state index in [2.05, 4.69) is 39.8 Å². The van der Waals surface area contributed by atoms with E-state index in [-0.39, 0.29) is 0 Å². The molecule has 0 spiro atoms. The maximum Gasteiger partial charge on any atom is 0.227 e. The maximum absolute atomic E-state index is 4.74. The number of hydrogen-bond acceptors (Lipinski definition) is 5. The van der Waals surface area contributed by atoms with E-state index in [0.717, 1.165) is 35.4 Å². The molecule has 6 nitrogen and oxygen atoms in total. The van der Waals surface area contributed by atoms with Gasteiger partial charge in [0.15, 0.2) is 0 Å². The Morgan fingerprint density at radius 3 is 2.68 bits per heavy atom. The molecule has 2 N–H and O–H groups in total. The monoisotopic (exact) mass is 336 g/mol. The van der Waals surface area contributed by atoms with Gasteiger partial charge in [-0.3, -0.25) is 4.68 Å². The molecule has 0 amide bonds. The first-order valence-corrected chi connectivity index (χ1v) is 8.85. The molecule has 130 valence electrons. The van der Waals surface area contributed by atoms with Crippen LogP contribution in [0.3, 0.4) is 0 Å². The summed E-state index contributed by atoms with van der Waals surface area (Å²) in [5.74, 6) is 1.24. The van der Waals surface area contributed by atoms with Crippen LogP contribution >= 0.6 is 0 Å². The second kappa shape index (κ2) is 6.44. The highest BCUT2D eigenvalue weighted by molar-refractivity contribution is 5.81. The van der Waals surface area contributed by atoms with Gasteiger partial charge in [0, 0.05) is 18.6 Å². The Labute approximate surface area is 147 Å². The predicted octanol–water partition coefficient (Wildman–Crippen LogP) is 3.19. The number of fused-ring (bicyclic) bond motifs is 1. The number of aryl methyl sites for hydroxylation is 2. The van der Waals surface area contributed by atoms with Crippen LogP contribution in [-0.4, -0.2) is 32.8 Å². The van der Waals surface area contributed by atoms with Crippen LogP contribution in [-0.2, 0) is 7.05 Å². The third-order valence-electron chi connectivity index (χ3n) is 5.23. The van der Waals surface area contributed by atoms with E-state index in [4.69, 9.17) is 4.98 Å². The van der Waals surface area contributed by atoms with E-state index >= 15 is 0 Å². The fraction of sp³-hybridized carbons (Fsp3) is 0.421. The number of piperidine rings is 1. The highest BCUT2D eigenvalue weighted by atomic mass is 15.3. The maximum atomic E-state index is 4.74. The summed E-state index contributed by atoms with van der Waals surface area (Å²) < 4.78 is 1.84. The van der Waals surface area contributed by atoms with Crippen LogP contribution in [0.1, 0.15) is 35.6 Å². The van der Waals surface area contributed by atoms with Crippen LogP contribution < -0.4 is 10.6 Å². The van der Waals surface area contributed by atoms with Crippen molar-refractivity contribution >= 4 is 22.5 Å². The van der Waals surface area contributed by atoms with Gasteiger partial charge in [0.2, 0.25) is 5.95 Å². The van der Waals surface area contributed by atoms with Gasteiger partial charge >= 0.3 is 0 Å². The molecule has 0 atom stereocenters. The van der Waals surface area contributed by atoms with E-state index in [1.54, 1.807) is 6.20 Å². The average Bonchev–Trinajstić information content (AvgIpc) is 2.94. The Morgan fingerprint density at radius 2 is 1.96 bits per heavy atom. The molecule has 25 heavy (non-hydrogen) atoms. The molecule has 2 aromatic heterocycles. The Hall–Kier alpha value is -2.47. The Kier molecular flexibility index (Phi) is 4.13. The van der Waals surface area contributed by atoms with Gasteiger partial charge in [0.05, 0.1) is 23.1 Å². The number of aromatic nitrogens is 4. The summed E-state index contributed by atoms with van der Waals surface area (Å²) in [7, 11) is 1.93. The highest BCUT2D eigenvalue weighted by Gasteiger charge is 2.18. The van der Waals surface area contributed by atoms with Gasteiger partial charge in [-0.2, -0.15) is 5.10 Å². The summed E-state index contributed by atoms with van der Waals surface area (Å²) in [5, 5.41) is 12.1. The van der Waals surface area contributed by atoms with Crippen molar-refractivity contribution in [1.29, 1.82) is 0 Å². The minimum absolute atomic E-state index is 0.615. The van der Waals surface area contributed by atoms with Crippen LogP contribution in [0.4, 0.5) is 11.6 Å². The van der Waals surface area contributed by atoms with Gasteiger partial charge in [0.1, 0.15) is 0 Å². The van der Waals surface area contributed by atoms with Crippen LogP contribution in [0.15, 0.2) is 24.5 Å². The second-order valence-corrected chi connectivity index (χ2v) is 6.88. The Morgan fingerprint density at radius 1 is 1.16 bits per heavy atom. The SMILES string of the molecule is Cc1cc2cnc(Nc3cnn(C)c3C)nc2cc1C1CCNCC1. The van der Waals surface area contributed by atoms with Gasteiger partial charge in [-0.25, -0.2) is 9.97 Å². The van der Waals surface area contributed by atoms with Gasteiger partial charge < -0.3 is 10.6 Å². The van der Waals surface area contributed by atoms with Gasteiger partial charge in [-0.1, -0.05) is 0 Å². The summed E-state index contributed by atoms with van der Waals surface area (Å²) in [6.45, 7) is 6.41. The molecule has 3 heterocycles. The smallest absolute Gasteiger partial charge is 0.227 e. The second-order valence-electron chi connectivity index (χ2n) is 6.88. The lowest BCUT2D eigenvalue weighted by molar-refractivity contribution is 0.459. The van der Waals surface area contributed by atoms with Gasteiger partial charge in [-0.15, -0.1) is 0 Å². The molecular formula is C19H24N6. The van der Waals surface area contributed by atoms with Crippen LogP contribution in [0, 0.1) is 13.8 Å². The first-order valence-electron chi connectivity index (χ1n) is 8.85. The average molecular weight is 336 g/mol. The molecule has 0 saturated carbocycles. The van der Waals surface area contributed by atoms with Crippen molar-refractivity contribution in [3.63, 3.8) is 0 Å². The lowest BCUT2D eigenvalue weighted by atomic mass is 9.87. The van der Waals surface area contributed by atoms with Crippen molar-refractivity contribution in [2.45, 2.75) is 32.6 Å². The fourth-order valence-electron chi connectivity index (χ4n) is 3.58. The van der Waals surface area contributed by atoms with Crippen molar-refractivity contribution in [3.05, 3.63) is 41.3 Å². The first-order chi connectivity index (χ1) is 12.1. The minimum atomic E-state index is 0.615. The first kappa shape index (κ1) is 16.0. The van der Waals surface area contributed by atoms with Crippen LogP contribution in [0.5, 0.6) is 0 Å². The summed E-state index contributed by atoms with van der Waals surface area (Å²) in [5.41, 5.74) is 5.76. The molecule has 1 aromatic carbocycles. The molecule has 1 saturated heterocycles. The zero-order chi connectivity index (χ0) is 17.4. The number of benzene rings is 1. The molecule has 3 aromatic rings. The van der Waals surface area contributed by atoms with E-state index in [9.17, 15) is 0 Å². The Bertz CT molecular complexity index is 908. The molecular weight excluding hydrogens is 312 g/mol. The molecule has 1 fully saturated rings. The lowest BCUT2D eigenvalue weighted by Gasteiger charge is -2.24. The zero-order valence-corrected chi connectivity index (χ0v) is 15.0.